The Morgan fingerprint density at radius 3 is 2.86 bits per heavy atom. The number of methoxy groups -OCH3 is 1. The number of rotatable bonds is 6. The SMILES string of the molecule is CCOC(=O)c1cnc2c(OC)ccc(Cl)c2c1NCCO. The lowest BCUT2D eigenvalue weighted by atomic mass is 10.1. The van der Waals surface area contributed by atoms with Crippen molar-refractivity contribution >= 4 is 34.2 Å². The molecule has 1 aromatic carbocycles. The standard InChI is InChI=1S/C15H17ClN2O4/c1-3-22-15(20)9-8-18-14-11(21-2)5-4-10(16)12(14)13(9)17-6-7-19/h4-5,8,19H,3,6-7H2,1-2H3,(H,17,18). The highest BCUT2D eigenvalue weighted by atomic mass is 35.5. The number of pyridine rings is 1. The minimum atomic E-state index is -0.503. The van der Waals surface area contributed by atoms with Gasteiger partial charge in [0, 0.05) is 18.1 Å². The number of hydrogen-bond donors (Lipinski definition) is 2. The highest BCUT2D eigenvalue weighted by molar-refractivity contribution is 6.37. The van der Waals surface area contributed by atoms with Crippen LogP contribution < -0.4 is 10.1 Å². The van der Waals surface area contributed by atoms with Gasteiger partial charge >= 0.3 is 5.97 Å². The van der Waals surface area contributed by atoms with Crippen molar-refractivity contribution in [1.29, 1.82) is 0 Å². The molecule has 0 amide bonds. The van der Waals surface area contributed by atoms with Gasteiger partial charge in [-0.05, 0) is 19.1 Å². The number of fused-ring (bicyclic) bond motifs is 1. The van der Waals surface area contributed by atoms with Crippen LogP contribution >= 0.6 is 11.6 Å². The first kappa shape index (κ1) is 16.3. The first-order valence-electron chi connectivity index (χ1n) is 6.81. The van der Waals surface area contributed by atoms with Crippen molar-refractivity contribution in [2.45, 2.75) is 6.92 Å². The topological polar surface area (TPSA) is 80.7 Å². The van der Waals surface area contributed by atoms with Crippen LogP contribution in [0.5, 0.6) is 5.75 Å². The van der Waals surface area contributed by atoms with Crippen LogP contribution in [0.25, 0.3) is 10.9 Å². The Bertz CT molecular complexity index is 691. The Hall–Kier alpha value is -2.05. The van der Waals surface area contributed by atoms with Crippen molar-refractivity contribution in [3.05, 3.63) is 28.9 Å². The lowest BCUT2D eigenvalue weighted by Gasteiger charge is -2.15. The molecule has 0 radical (unpaired) electrons. The molecule has 0 spiro atoms. The summed E-state index contributed by atoms with van der Waals surface area (Å²) in [6, 6.07) is 3.38. The lowest BCUT2D eigenvalue weighted by Crippen LogP contribution is -2.13. The number of aromatic nitrogens is 1. The van der Waals surface area contributed by atoms with Crippen LogP contribution in [0.15, 0.2) is 18.3 Å². The van der Waals surface area contributed by atoms with E-state index in [9.17, 15) is 4.79 Å². The minimum absolute atomic E-state index is 0.0896. The first-order valence-corrected chi connectivity index (χ1v) is 7.18. The average molecular weight is 325 g/mol. The van der Waals surface area contributed by atoms with Gasteiger partial charge < -0.3 is 19.9 Å². The van der Waals surface area contributed by atoms with E-state index in [1.165, 1.54) is 13.3 Å². The number of anilines is 1. The molecule has 2 N–H and O–H groups in total. The van der Waals surface area contributed by atoms with Gasteiger partial charge in [0.05, 0.1) is 31.0 Å². The Morgan fingerprint density at radius 2 is 2.23 bits per heavy atom. The maximum atomic E-state index is 12.1. The number of aliphatic hydroxyl groups is 1. The van der Waals surface area contributed by atoms with Crippen LogP contribution in [0.1, 0.15) is 17.3 Å². The fraction of sp³-hybridized carbons (Fsp3) is 0.333. The highest BCUT2D eigenvalue weighted by Gasteiger charge is 2.20. The van der Waals surface area contributed by atoms with E-state index in [2.05, 4.69) is 10.3 Å². The number of esters is 1. The number of ether oxygens (including phenoxy) is 2. The van der Waals surface area contributed by atoms with Crippen LogP contribution in [-0.2, 0) is 4.74 Å². The second-order valence-electron chi connectivity index (χ2n) is 4.39. The zero-order valence-corrected chi connectivity index (χ0v) is 13.1. The second kappa shape index (κ2) is 7.29. The molecule has 7 heteroatoms. The van der Waals surface area contributed by atoms with Crippen LogP contribution in [0, 0.1) is 0 Å². The lowest BCUT2D eigenvalue weighted by molar-refractivity contribution is 0.0527. The van der Waals surface area contributed by atoms with Crippen molar-refractivity contribution < 1.29 is 19.4 Å². The van der Waals surface area contributed by atoms with E-state index in [-0.39, 0.29) is 25.3 Å². The zero-order valence-electron chi connectivity index (χ0n) is 12.4. The van der Waals surface area contributed by atoms with Gasteiger partial charge in [0.15, 0.2) is 0 Å². The summed E-state index contributed by atoms with van der Waals surface area (Å²) >= 11 is 6.27. The molecular formula is C15H17ClN2O4. The van der Waals surface area contributed by atoms with Crippen molar-refractivity contribution in [1.82, 2.24) is 4.98 Å². The predicted molar refractivity (Wildman–Crippen MR) is 84.8 cm³/mol. The van der Waals surface area contributed by atoms with E-state index in [0.29, 0.717) is 27.4 Å². The third-order valence-corrected chi connectivity index (χ3v) is 3.38. The first-order chi connectivity index (χ1) is 10.6. The smallest absolute Gasteiger partial charge is 0.341 e. The molecule has 0 atom stereocenters. The molecule has 0 aliphatic heterocycles. The maximum absolute atomic E-state index is 12.1. The number of halogens is 1. The molecule has 118 valence electrons. The van der Waals surface area contributed by atoms with Crippen LogP contribution in [0.2, 0.25) is 5.02 Å². The Labute approximate surface area is 133 Å². The van der Waals surface area contributed by atoms with Crippen molar-refractivity contribution in [3.8, 4) is 5.75 Å². The Morgan fingerprint density at radius 1 is 1.45 bits per heavy atom. The molecule has 0 aliphatic carbocycles. The largest absolute Gasteiger partial charge is 0.494 e. The predicted octanol–water partition coefficient (Wildman–Crippen LogP) is 2.48. The van der Waals surface area contributed by atoms with E-state index in [1.807, 2.05) is 0 Å². The molecule has 0 saturated heterocycles. The van der Waals surface area contributed by atoms with Gasteiger partial charge in [0.2, 0.25) is 0 Å². The fourth-order valence-corrected chi connectivity index (χ4v) is 2.38. The minimum Gasteiger partial charge on any atom is -0.494 e. The maximum Gasteiger partial charge on any atom is 0.341 e. The summed E-state index contributed by atoms with van der Waals surface area (Å²) in [6.45, 7) is 2.15. The third kappa shape index (κ3) is 3.08. The molecule has 1 heterocycles. The van der Waals surface area contributed by atoms with Crippen molar-refractivity contribution in [3.63, 3.8) is 0 Å². The monoisotopic (exact) mass is 324 g/mol. The van der Waals surface area contributed by atoms with Crippen molar-refractivity contribution in [2.75, 3.05) is 32.2 Å². The number of hydrogen-bond acceptors (Lipinski definition) is 6. The zero-order chi connectivity index (χ0) is 16.1. The van der Waals surface area contributed by atoms with Gasteiger partial charge in [0.25, 0.3) is 0 Å². The van der Waals surface area contributed by atoms with Crippen molar-refractivity contribution in [2.24, 2.45) is 0 Å². The number of carbonyl (C=O) groups is 1. The summed E-state index contributed by atoms with van der Waals surface area (Å²) in [5.41, 5.74) is 1.27. The third-order valence-electron chi connectivity index (χ3n) is 3.06. The van der Waals surface area contributed by atoms with E-state index >= 15 is 0 Å². The number of aliphatic hydroxyl groups excluding tert-OH is 1. The summed E-state index contributed by atoms with van der Waals surface area (Å²) in [7, 11) is 1.53. The average Bonchev–Trinajstić information content (AvgIpc) is 2.53. The number of carbonyl (C=O) groups excluding carboxylic acids is 1. The molecule has 0 fully saturated rings. The van der Waals surface area contributed by atoms with Crippen LogP contribution in [0.4, 0.5) is 5.69 Å². The normalized spacial score (nSPS) is 10.5. The van der Waals surface area contributed by atoms with Gasteiger partial charge in [-0.25, -0.2) is 4.79 Å². The molecule has 0 unspecified atom stereocenters. The van der Waals surface area contributed by atoms with E-state index in [4.69, 9.17) is 26.2 Å². The van der Waals surface area contributed by atoms with E-state index in [1.54, 1.807) is 19.1 Å². The molecule has 22 heavy (non-hydrogen) atoms. The van der Waals surface area contributed by atoms with Gasteiger partial charge in [0.1, 0.15) is 16.8 Å². The van der Waals surface area contributed by atoms with E-state index < -0.39 is 5.97 Å². The number of benzene rings is 1. The molecule has 2 rings (SSSR count). The second-order valence-corrected chi connectivity index (χ2v) is 4.80. The van der Waals surface area contributed by atoms with Gasteiger partial charge in [-0.1, -0.05) is 11.6 Å². The van der Waals surface area contributed by atoms with Crippen LogP contribution in [0.3, 0.4) is 0 Å². The van der Waals surface area contributed by atoms with Crippen LogP contribution in [-0.4, -0.2) is 42.9 Å². The quantitative estimate of drug-likeness (QED) is 0.795. The molecular weight excluding hydrogens is 308 g/mol. The molecule has 2 aromatic rings. The summed E-state index contributed by atoms with van der Waals surface area (Å²) in [5, 5.41) is 13.0. The highest BCUT2D eigenvalue weighted by Crippen LogP contribution is 2.37. The fourth-order valence-electron chi connectivity index (χ4n) is 2.13. The molecule has 0 aliphatic rings. The Balaban J connectivity index is 2.71. The molecule has 0 bridgehead atoms. The summed E-state index contributed by atoms with van der Waals surface area (Å²) in [5.74, 6) is 0.0399. The van der Waals surface area contributed by atoms with Gasteiger partial charge in [-0.3, -0.25) is 4.98 Å². The van der Waals surface area contributed by atoms with Gasteiger partial charge in [-0.15, -0.1) is 0 Å². The number of nitrogens with one attached hydrogen (secondary N) is 1. The van der Waals surface area contributed by atoms with Gasteiger partial charge in [-0.2, -0.15) is 0 Å². The molecule has 0 saturated carbocycles. The number of nitrogens with zero attached hydrogens (tertiary/aromatic N) is 1. The van der Waals surface area contributed by atoms with E-state index in [0.717, 1.165) is 0 Å². The molecule has 6 nitrogen and oxygen atoms in total. The Kier molecular flexibility index (Phi) is 5.41. The summed E-state index contributed by atoms with van der Waals surface area (Å²) < 4.78 is 10.3. The summed E-state index contributed by atoms with van der Waals surface area (Å²) in [4.78, 5) is 16.4. The summed E-state index contributed by atoms with van der Waals surface area (Å²) in [6.07, 6.45) is 1.42. The molecule has 1 aromatic heterocycles.